The Balaban J connectivity index is 2.19. The number of hydrogen-bond acceptors (Lipinski definition) is 0. The van der Waals surface area contributed by atoms with Gasteiger partial charge >= 0.3 is 0 Å². The van der Waals surface area contributed by atoms with E-state index in [0.717, 1.165) is 0 Å². The van der Waals surface area contributed by atoms with Gasteiger partial charge in [-0.05, 0) is 47.9 Å². The minimum absolute atomic E-state index is 1.22. The fraction of sp³-hybridized carbons (Fsp3) is 0.455. The predicted octanol–water partition coefficient (Wildman–Crippen LogP) is 6.82. The van der Waals surface area contributed by atoms with Gasteiger partial charge < -0.3 is 0 Å². The van der Waals surface area contributed by atoms with E-state index in [0.29, 0.717) is 0 Å². The van der Waals surface area contributed by atoms with Crippen LogP contribution in [0.2, 0.25) is 0 Å². The molecule has 0 aliphatic heterocycles. The molecule has 0 nitrogen and oxygen atoms in total. The Kier molecular flexibility index (Phi) is 7.22. The Morgan fingerprint density at radius 1 is 0.591 bits per heavy atom. The summed E-state index contributed by atoms with van der Waals surface area (Å²) in [6.07, 6.45) is 10.3. The Hall–Kier alpha value is -1.56. The molecule has 0 atom stereocenters. The van der Waals surface area contributed by atoms with Gasteiger partial charge in [-0.2, -0.15) is 0 Å². The van der Waals surface area contributed by atoms with Crippen molar-refractivity contribution in [1.82, 2.24) is 0 Å². The smallest absolute Gasteiger partial charge is 0.0179 e. The second-order valence-electron chi connectivity index (χ2n) is 6.32. The lowest BCUT2D eigenvalue weighted by molar-refractivity contribution is 0.709. The van der Waals surface area contributed by atoms with Crippen molar-refractivity contribution in [2.45, 2.75) is 65.2 Å². The molecule has 118 valence electrons. The molecule has 0 unspecified atom stereocenters. The molecule has 0 aliphatic carbocycles. The highest BCUT2D eigenvalue weighted by atomic mass is 14.1. The van der Waals surface area contributed by atoms with Gasteiger partial charge in [-0.1, -0.05) is 88.1 Å². The Morgan fingerprint density at radius 3 is 1.64 bits per heavy atom. The highest BCUT2D eigenvalue weighted by Gasteiger charge is 2.04. The van der Waals surface area contributed by atoms with Gasteiger partial charge in [-0.25, -0.2) is 0 Å². The molecular formula is C22H30. The quantitative estimate of drug-likeness (QED) is 0.445. The average Bonchev–Trinajstić information content (AvgIpc) is 2.56. The van der Waals surface area contributed by atoms with E-state index in [1.165, 1.54) is 73.6 Å². The first kappa shape index (κ1) is 16.8. The van der Waals surface area contributed by atoms with Crippen molar-refractivity contribution in [3.05, 3.63) is 59.7 Å². The molecule has 0 bridgehead atoms. The number of hydrogen-bond donors (Lipinski definition) is 0. The lowest BCUT2D eigenvalue weighted by Crippen LogP contribution is -1.93. The summed E-state index contributed by atoms with van der Waals surface area (Å²) in [6, 6.07) is 18.0. The molecule has 0 spiro atoms. The number of unbranched alkanes of at least 4 members (excludes halogenated alkanes) is 4. The molecule has 0 saturated carbocycles. The topological polar surface area (TPSA) is 0 Å². The average molecular weight is 294 g/mol. The third-order valence-corrected chi connectivity index (χ3v) is 4.30. The monoisotopic (exact) mass is 294 g/mol. The zero-order valence-electron chi connectivity index (χ0n) is 14.3. The van der Waals surface area contributed by atoms with Crippen LogP contribution in [0.25, 0.3) is 11.1 Å². The fourth-order valence-electron chi connectivity index (χ4n) is 3.01. The van der Waals surface area contributed by atoms with Crippen LogP contribution in [0.3, 0.4) is 0 Å². The fourth-order valence-corrected chi connectivity index (χ4v) is 3.01. The summed E-state index contributed by atoms with van der Waals surface area (Å²) < 4.78 is 0. The molecule has 0 heteroatoms. The van der Waals surface area contributed by atoms with Crippen LogP contribution in [0.5, 0.6) is 0 Å². The van der Waals surface area contributed by atoms with E-state index in [4.69, 9.17) is 0 Å². The summed E-state index contributed by atoms with van der Waals surface area (Å²) >= 11 is 0. The van der Waals surface area contributed by atoms with Gasteiger partial charge in [0.05, 0.1) is 0 Å². The molecule has 2 aromatic rings. The maximum atomic E-state index is 2.44. The van der Waals surface area contributed by atoms with Crippen molar-refractivity contribution >= 4 is 0 Å². The first-order valence-electron chi connectivity index (χ1n) is 9.01. The molecule has 0 radical (unpaired) electrons. The van der Waals surface area contributed by atoms with E-state index in [9.17, 15) is 0 Å². The van der Waals surface area contributed by atoms with E-state index >= 15 is 0 Å². The predicted molar refractivity (Wildman–Crippen MR) is 98.3 cm³/mol. The van der Waals surface area contributed by atoms with Crippen molar-refractivity contribution in [2.75, 3.05) is 0 Å². The van der Waals surface area contributed by atoms with Crippen molar-refractivity contribution in [3.8, 4) is 11.1 Å². The summed E-state index contributed by atoms with van der Waals surface area (Å²) in [6.45, 7) is 4.55. The first-order valence-corrected chi connectivity index (χ1v) is 9.01. The molecule has 0 heterocycles. The highest BCUT2D eigenvalue weighted by Crippen LogP contribution is 2.24. The van der Waals surface area contributed by atoms with Crippen LogP contribution in [0, 0.1) is 0 Å². The molecule has 0 fully saturated rings. The standard InChI is InChI=1S/C22H30/c1-3-5-8-12-19-16-20(13-9-6-4-2)18-22(17-19)21-14-10-7-11-15-21/h7,10-11,14-18H,3-6,8-9,12-13H2,1-2H3. The molecule has 0 aliphatic rings. The Morgan fingerprint density at radius 2 is 1.14 bits per heavy atom. The lowest BCUT2D eigenvalue weighted by atomic mass is 9.95. The lowest BCUT2D eigenvalue weighted by Gasteiger charge is -2.10. The van der Waals surface area contributed by atoms with Crippen LogP contribution in [0.1, 0.15) is 63.5 Å². The molecule has 2 aromatic carbocycles. The van der Waals surface area contributed by atoms with Gasteiger partial charge in [-0.3, -0.25) is 0 Å². The van der Waals surface area contributed by atoms with Crippen LogP contribution in [0.4, 0.5) is 0 Å². The summed E-state index contributed by atoms with van der Waals surface area (Å²) in [5.41, 5.74) is 5.76. The van der Waals surface area contributed by atoms with Gasteiger partial charge in [0.1, 0.15) is 0 Å². The van der Waals surface area contributed by atoms with Crippen molar-refractivity contribution in [1.29, 1.82) is 0 Å². The third kappa shape index (κ3) is 5.33. The van der Waals surface area contributed by atoms with E-state index in [1.54, 1.807) is 0 Å². The maximum absolute atomic E-state index is 2.44. The van der Waals surface area contributed by atoms with Crippen LogP contribution in [-0.2, 0) is 12.8 Å². The van der Waals surface area contributed by atoms with E-state index < -0.39 is 0 Å². The second-order valence-corrected chi connectivity index (χ2v) is 6.32. The minimum Gasteiger partial charge on any atom is -0.0654 e. The molecule has 22 heavy (non-hydrogen) atoms. The zero-order chi connectivity index (χ0) is 15.6. The van der Waals surface area contributed by atoms with Crippen LogP contribution in [-0.4, -0.2) is 0 Å². The molecular weight excluding hydrogens is 264 g/mol. The van der Waals surface area contributed by atoms with E-state index in [2.05, 4.69) is 62.4 Å². The highest BCUT2D eigenvalue weighted by molar-refractivity contribution is 5.65. The molecule has 2 rings (SSSR count). The minimum atomic E-state index is 1.22. The number of rotatable bonds is 9. The van der Waals surface area contributed by atoms with Gasteiger partial charge in [0.2, 0.25) is 0 Å². The summed E-state index contributed by atoms with van der Waals surface area (Å²) in [4.78, 5) is 0. The molecule has 0 N–H and O–H groups in total. The molecule has 0 saturated heterocycles. The summed E-state index contributed by atoms with van der Waals surface area (Å²) in [5, 5.41) is 0. The van der Waals surface area contributed by atoms with Crippen molar-refractivity contribution in [2.24, 2.45) is 0 Å². The van der Waals surface area contributed by atoms with E-state index in [1.807, 2.05) is 0 Å². The van der Waals surface area contributed by atoms with Gasteiger partial charge in [-0.15, -0.1) is 0 Å². The molecule has 0 aromatic heterocycles. The zero-order valence-corrected chi connectivity index (χ0v) is 14.3. The summed E-state index contributed by atoms with van der Waals surface area (Å²) in [5.74, 6) is 0. The first-order chi connectivity index (χ1) is 10.8. The van der Waals surface area contributed by atoms with Crippen molar-refractivity contribution in [3.63, 3.8) is 0 Å². The SMILES string of the molecule is CCCCCc1cc(CCCCC)cc(-c2ccccc2)c1. The van der Waals surface area contributed by atoms with Gasteiger partial charge in [0.25, 0.3) is 0 Å². The normalized spacial score (nSPS) is 10.8. The Bertz CT molecular complexity index is 511. The maximum Gasteiger partial charge on any atom is -0.0179 e. The van der Waals surface area contributed by atoms with Crippen molar-refractivity contribution < 1.29 is 0 Å². The second kappa shape index (κ2) is 9.46. The van der Waals surface area contributed by atoms with Crippen LogP contribution < -0.4 is 0 Å². The van der Waals surface area contributed by atoms with E-state index in [-0.39, 0.29) is 0 Å². The number of benzene rings is 2. The van der Waals surface area contributed by atoms with Gasteiger partial charge in [0, 0.05) is 0 Å². The van der Waals surface area contributed by atoms with Crippen LogP contribution in [0.15, 0.2) is 48.5 Å². The number of aryl methyl sites for hydroxylation is 2. The van der Waals surface area contributed by atoms with Gasteiger partial charge in [0.15, 0.2) is 0 Å². The third-order valence-electron chi connectivity index (χ3n) is 4.30. The largest absolute Gasteiger partial charge is 0.0654 e. The Labute approximate surface area is 136 Å². The van der Waals surface area contributed by atoms with Crippen LogP contribution >= 0.6 is 0 Å². The summed E-state index contributed by atoms with van der Waals surface area (Å²) in [7, 11) is 0. The molecule has 0 amide bonds.